The number of hydrogen-bond acceptors (Lipinski definition) is 1. The van der Waals surface area contributed by atoms with Crippen LogP contribution in [-0.4, -0.2) is 22.3 Å². The summed E-state index contributed by atoms with van der Waals surface area (Å²) in [6, 6.07) is 0. The van der Waals surface area contributed by atoms with Crippen LogP contribution in [0.5, 0.6) is 0 Å². The summed E-state index contributed by atoms with van der Waals surface area (Å²) < 4.78 is 0.762. The molecule has 0 atom stereocenters. The van der Waals surface area contributed by atoms with Gasteiger partial charge in [0.1, 0.15) is 4.32 Å². The Bertz CT molecular complexity index is 207. The van der Waals surface area contributed by atoms with Crippen molar-refractivity contribution in [3.63, 3.8) is 0 Å². The average molecular weight is 304 g/mol. The van der Waals surface area contributed by atoms with Crippen molar-refractivity contribution in [2.45, 2.75) is 84.5 Å². The second-order valence-electron chi connectivity index (χ2n) is 5.45. The molecule has 0 heterocycles. The van der Waals surface area contributed by atoms with Crippen LogP contribution < -0.4 is 0 Å². The Morgan fingerprint density at radius 3 is 1.63 bits per heavy atom. The Kier molecular flexibility index (Phi) is 14.8. The Labute approximate surface area is 131 Å². The molecule has 0 aromatic carbocycles. The summed E-state index contributed by atoms with van der Waals surface area (Å²) in [5, 5.41) is 0. The predicted molar refractivity (Wildman–Crippen MR) is 95.3 cm³/mol. The van der Waals surface area contributed by atoms with E-state index >= 15 is 0 Å². The largest absolute Gasteiger partial charge is 0.358 e. The van der Waals surface area contributed by atoms with Gasteiger partial charge in [-0.3, -0.25) is 0 Å². The van der Waals surface area contributed by atoms with E-state index in [0.29, 0.717) is 0 Å². The number of nitrogens with zero attached hydrogens (tertiary/aromatic N) is 1. The van der Waals surface area contributed by atoms with E-state index in [4.69, 9.17) is 12.2 Å². The molecular weight excluding hydrogens is 270 g/mol. The fourth-order valence-corrected chi connectivity index (χ4v) is 2.75. The highest BCUT2D eigenvalue weighted by atomic mass is 32.1. The van der Waals surface area contributed by atoms with Crippen LogP contribution in [0.2, 0.25) is 0 Å². The van der Waals surface area contributed by atoms with Crippen LogP contribution in [0.1, 0.15) is 84.5 Å². The highest BCUT2D eigenvalue weighted by Crippen LogP contribution is 2.11. The zero-order valence-corrected chi connectivity index (χ0v) is 14.7. The third-order valence-electron chi connectivity index (χ3n) is 3.55. The van der Waals surface area contributed by atoms with Gasteiger partial charge in [-0.2, -0.15) is 0 Å². The molecule has 0 amide bonds. The van der Waals surface area contributed by atoms with Crippen molar-refractivity contribution >= 4 is 29.2 Å². The van der Waals surface area contributed by atoms with Crippen LogP contribution >= 0.6 is 24.8 Å². The summed E-state index contributed by atoms with van der Waals surface area (Å²) in [5.41, 5.74) is 0. The highest BCUT2D eigenvalue weighted by Gasteiger charge is 2.03. The molecule has 0 saturated heterocycles. The Hall–Kier alpha value is 0.240. The molecule has 0 bridgehead atoms. The SMILES string of the molecule is CCCCCCCCCCCCN(CCC)C(=S)S. The molecule has 19 heavy (non-hydrogen) atoms. The summed E-state index contributed by atoms with van der Waals surface area (Å²) in [5.74, 6) is 0. The van der Waals surface area contributed by atoms with Crippen LogP contribution in [0.15, 0.2) is 0 Å². The highest BCUT2D eigenvalue weighted by molar-refractivity contribution is 8.10. The normalized spacial score (nSPS) is 10.7. The van der Waals surface area contributed by atoms with Crippen LogP contribution in [0.25, 0.3) is 0 Å². The first kappa shape index (κ1) is 19.2. The minimum Gasteiger partial charge on any atom is -0.358 e. The van der Waals surface area contributed by atoms with Crippen molar-refractivity contribution in [1.29, 1.82) is 0 Å². The lowest BCUT2D eigenvalue weighted by Gasteiger charge is -2.21. The molecule has 0 radical (unpaired) electrons. The second kappa shape index (κ2) is 14.6. The first-order chi connectivity index (χ1) is 9.22. The van der Waals surface area contributed by atoms with Gasteiger partial charge < -0.3 is 4.90 Å². The zero-order valence-electron chi connectivity index (χ0n) is 13.0. The van der Waals surface area contributed by atoms with Gasteiger partial charge in [0.15, 0.2) is 0 Å². The van der Waals surface area contributed by atoms with Gasteiger partial charge in [-0.25, -0.2) is 0 Å². The maximum absolute atomic E-state index is 5.14. The van der Waals surface area contributed by atoms with Gasteiger partial charge in [-0.15, -0.1) is 12.6 Å². The van der Waals surface area contributed by atoms with Gasteiger partial charge in [0.25, 0.3) is 0 Å². The molecule has 0 unspecified atom stereocenters. The lowest BCUT2D eigenvalue weighted by Crippen LogP contribution is -2.27. The summed E-state index contributed by atoms with van der Waals surface area (Å²) >= 11 is 9.43. The molecule has 0 fully saturated rings. The molecule has 0 aliphatic rings. The van der Waals surface area contributed by atoms with Gasteiger partial charge >= 0.3 is 0 Å². The lowest BCUT2D eigenvalue weighted by molar-refractivity contribution is 0.410. The summed E-state index contributed by atoms with van der Waals surface area (Å²) in [6.07, 6.45) is 15.0. The molecule has 0 aliphatic carbocycles. The minimum atomic E-state index is 0.762. The van der Waals surface area contributed by atoms with E-state index in [-0.39, 0.29) is 0 Å². The molecule has 114 valence electrons. The maximum Gasteiger partial charge on any atom is 0.133 e. The molecule has 0 rings (SSSR count). The van der Waals surface area contributed by atoms with Crippen molar-refractivity contribution in [2.75, 3.05) is 13.1 Å². The number of thiol groups is 1. The smallest absolute Gasteiger partial charge is 0.133 e. The average Bonchev–Trinajstić information content (AvgIpc) is 2.39. The molecule has 0 spiro atoms. The number of unbranched alkanes of at least 4 members (excludes halogenated alkanes) is 9. The van der Waals surface area contributed by atoms with Crippen LogP contribution in [0.4, 0.5) is 0 Å². The topological polar surface area (TPSA) is 3.24 Å². The number of hydrogen-bond donors (Lipinski definition) is 1. The first-order valence-corrected chi connectivity index (χ1v) is 9.05. The van der Waals surface area contributed by atoms with Crippen molar-refractivity contribution in [3.8, 4) is 0 Å². The van der Waals surface area contributed by atoms with Crippen molar-refractivity contribution < 1.29 is 0 Å². The zero-order chi connectivity index (χ0) is 14.3. The Morgan fingerprint density at radius 1 is 0.737 bits per heavy atom. The van der Waals surface area contributed by atoms with Gasteiger partial charge in [0.05, 0.1) is 0 Å². The Morgan fingerprint density at radius 2 is 1.21 bits per heavy atom. The number of rotatable bonds is 13. The van der Waals surface area contributed by atoms with Crippen molar-refractivity contribution in [2.24, 2.45) is 0 Å². The van der Waals surface area contributed by atoms with E-state index in [9.17, 15) is 0 Å². The van der Waals surface area contributed by atoms with Gasteiger partial charge in [-0.05, 0) is 12.8 Å². The van der Waals surface area contributed by atoms with E-state index < -0.39 is 0 Å². The fourth-order valence-electron chi connectivity index (χ4n) is 2.36. The van der Waals surface area contributed by atoms with Crippen LogP contribution in [-0.2, 0) is 0 Å². The molecule has 0 aromatic rings. The maximum atomic E-state index is 5.14. The minimum absolute atomic E-state index is 0.762. The van der Waals surface area contributed by atoms with E-state index in [1.807, 2.05) is 0 Å². The van der Waals surface area contributed by atoms with E-state index in [0.717, 1.165) is 23.8 Å². The fraction of sp³-hybridized carbons (Fsp3) is 0.938. The van der Waals surface area contributed by atoms with Crippen molar-refractivity contribution in [1.82, 2.24) is 4.90 Å². The van der Waals surface area contributed by atoms with E-state index in [1.165, 1.54) is 64.2 Å². The standard InChI is InChI=1S/C16H33NS2/c1-3-5-6-7-8-9-10-11-12-13-15-17(14-4-2)16(18)19/h3-15H2,1-2H3,(H,18,19). The van der Waals surface area contributed by atoms with Gasteiger partial charge in [0, 0.05) is 13.1 Å². The molecule has 0 aromatic heterocycles. The third kappa shape index (κ3) is 13.0. The van der Waals surface area contributed by atoms with Gasteiger partial charge in [0.2, 0.25) is 0 Å². The second-order valence-corrected chi connectivity index (χ2v) is 6.56. The molecule has 0 aliphatic heterocycles. The molecular formula is C16H33NS2. The monoisotopic (exact) mass is 303 g/mol. The van der Waals surface area contributed by atoms with Gasteiger partial charge in [-0.1, -0.05) is 83.9 Å². The lowest BCUT2D eigenvalue weighted by atomic mass is 10.1. The van der Waals surface area contributed by atoms with Crippen LogP contribution in [0.3, 0.4) is 0 Å². The van der Waals surface area contributed by atoms with Crippen molar-refractivity contribution in [3.05, 3.63) is 0 Å². The molecule has 1 nitrogen and oxygen atoms in total. The Balaban J connectivity index is 3.27. The summed E-state index contributed by atoms with van der Waals surface area (Å²) in [4.78, 5) is 2.23. The van der Waals surface area contributed by atoms with E-state index in [1.54, 1.807) is 0 Å². The van der Waals surface area contributed by atoms with Crippen LogP contribution in [0, 0.1) is 0 Å². The van der Waals surface area contributed by atoms with E-state index in [2.05, 4.69) is 31.4 Å². The molecule has 0 N–H and O–H groups in total. The molecule has 0 saturated carbocycles. The third-order valence-corrected chi connectivity index (χ3v) is 4.09. The predicted octanol–water partition coefficient (Wildman–Crippen LogP) is 5.83. The number of thiocarbonyl (C=S) groups is 1. The molecule has 3 heteroatoms. The summed E-state index contributed by atoms with van der Waals surface area (Å²) in [6.45, 7) is 6.61. The summed E-state index contributed by atoms with van der Waals surface area (Å²) in [7, 11) is 0. The quantitative estimate of drug-likeness (QED) is 0.259. The first-order valence-electron chi connectivity index (χ1n) is 8.20.